The molecule has 0 amide bonds. The van der Waals surface area contributed by atoms with E-state index in [2.05, 4.69) is 62.3 Å². The van der Waals surface area contributed by atoms with Crippen LogP contribution in [0.4, 0.5) is 0 Å². The Morgan fingerprint density at radius 1 is 1.20 bits per heavy atom. The quantitative estimate of drug-likeness (QED) is 0.680. The second-order valence-electron chi connectivity index (χ2n) is 4.26. The predicted octanol–water partition coefficient (Wildman–Crippen LogP) is 5.37. The van der Waals surface area contributed by atoms with Gasteiger partial charge in [-0.3, -0.25) is 0 Å². The number of benzene rings is 1. The van der Waals surface area contributed by atoms with Crippen molar-refractivity contribution in [2.75, 3.05) is 13.2 Å². The number of rotatable bonds is 6. The van der Waals surface area contributed by atoms with E-state index in [0.717, 1.165) is 20.6 Å². The summed E-state index contributed by atoms with van der Waals surface area (Å²) in [5, 5.41) is 3.54. The standard InChI is InChI=1S/C15H17Br2NOS/c1-3-18-14(13-9-12(16)15(17)20-13)10-5-7-11(8-6-10)19-4-2/h5-9,14,18H,3-4H2,1-2H3. The summed E-state index contributed by atoms with van der Waals surface area (Å²) < 4.78 is 7.73. The number of ether oxygens (including phenoxy) is 1. The van der Waals surface area contributed by atoms with Gasteiger partial charge in [-0.2, -0.15) is 0 Å². The largest absolute Gasteiger partial charge is 0.494 e. The summed E-state index contributed by atoms with van der Waals surface area (Å²) in [7, 11) is 0. The minimum absolute atomic E-state index is 0.211. The molecule has 5 heteroatoms. The number of hydrogen-bond donors (Lipinski definition) is 1. The molecule has 1 unspecified atom stereocenters. The molecule has 0 aliphatic carbocycles. The molecular weight excluding hydrogens is 402 g/mol. The SMILES string of the molecule is CCNC(c1ccc(OCC)cc1)c1cc(Br)c(Br)s1. The Kier molecular flexibility index (Phi) is 6.08. The molecule has 1 atom stereocenters. The van der Waals surface area contributed by atoms with Gasteiger partial charge in [-0.25, -0.2) is 0 Å². The first-order valence-electron chi connectivity index (χ1n) is 6.56. The van der Waals surface area contributed by atoms with Crippen molar-refractivity contribution in [1.82, 2.24) is 5.32 Å². The van der Waals surface area contributed by atoms with Crippen LogP contribution in [0.15, 0.2) is 38.6 Å². The van der Waals surface area contributed by atoms with Gasteiger partial charge in [-0.1, -0.05) is 19.1 Å². The van der Waals surface area contributed by atoms with Gasteiger partial charge in [0.2, 0.25) is 0 Å². The molecule has 0 saturated carbocycles. The second kappa shape index (κ2) is 7.59. The molecule has 0 spiro atoms. The molecule has 0 radical (unpaired) electrons. The van der Waals surface area contributed by atoms with Crippen LogP contribution < -0.4 is 10.1 Å². The van der Waals surface area contributed by atoms with Gasteiger partial charge in [0.1, 0.15) is 5.75 Å². The van der Waals surface area contributed by atoms with Gasteiger partial charge in [0.15, 0.2) is 0 Å². The van der Waals surface area contributed by atoms with Crippen molar-refractivity contribution in [1.29, 1.82) is 0 Å². The average molecular weight is 419 g/mol. The van der Waals surface area contributed by atoms with Crippen LogP contribution >= 0.6 is 43.2 Å². The van der Waals surface area contributed by atoms with Gasteiger partial charge in [0.25, 0.3) is 0 Å². The maximum atomic E-state index is 5.50. The van der Waals surface area contributed by atoms with Crippen molar-refractivity contribution in [3.8, 4) is 5.75 Å². The lowest BCUT2D eigenvalue weighted by atomic mass is 10.1. The molecule has 1 aromatic heterocycles. The topological polar surface area (TPSA) is 21.3 Å². The van der Waals surface area contributed by atoms with E-state index in [1.807, 2.05) is 19.1 Å². The zero-order valence-corrected chi connectivity index (χ0v) is 15.4. The Hall–Kier alpha value is -0.360. The summed E-state index contributed by atoms with van der Waals surface area (Å²) in [5.74, 6) is 0.917. The van der Waals surface area contributed by atoms with E-state index in [0.29, 0.717) is 6.61 Å². The lowest BCUT2D eigenvalue weighted by molar-refractivity contribution is 0.340. The third kappa shape index (κ3) is 3.85. The molecule has 1 aromatic carbocycles. The van der Waals surface area contributed by atoms with Crippen molar-refractivity contribution in [3.63, 3.8) is 0 Å². The van der Waals surface area contributed by atoms with Gasteiger partial charge < -0.3 is 10.1 Å². The Morgan fingerprint density at radius 2 is 1.90 bits per heavy atom. The highest BCUT2D eigenvalue weighted by Gasteiger charge is 2.17. The van der Waals surface area contributed by atoms with E-state index in [-0.39, 0.29) is 6.04 Å². The Labute approximate surface area is 140 Å². The summed E-state index contributed by atoms with van der Waals surface area (Å²) in [6, 6.07) is 10.7. The number of halogens is 2. The highest BCUT2D eigenvalue weighted by atomic mass is 79.9. The van der Waals surface area contributed by atoms with Gasteiger partial charge in [-0.05, 0) is 69.1 Å². The first-order valence-corrected chi connectivity index (χ1v) is 8.96. The van der Waals surface area contributed by atoms with E-state index in [1.165, 1.54) is 10.4 Å². The molecule has 0 fully saturated rings. The highest BCUT2D eigenvalue weighted by molar-refractivity contribution is 9.13. The first kappa shape index (κ1) is 16.0. The van der Waals surface area contributed by atoms with Crippen LogP contribution in [-0.2, 0) is 0 Å². The van der Waals surface area contributed by atoms with Crippen molar-refractivity contribution < 1.29 is 4.74 Å². The van der Waals surface area contributed by atoms with Crippen LogP contribution in [0, 0.1) is 0 Å². The normalized spacial score (nSPS) is 12.4. The van der Waals surface area contributed by atoms with Crippen molar-refractivity contribution in [3.05, 3.63) is 49.0 Å². The fourth-order valence-electron chi connectivity index (χ4n) is 2.02. The zero-order chi connectivity index (χ0) is 14.5. The number of nitrogens with one attached hydrogen (secondary N) is 1. The lowest BCUT2D eigenvalue weighted by Crippen LogP contribution is -2.20. The van der Waals surface area contributed by atoms with E-state index in [1.54, 1.807) is 11.3 Å². The minimum atomic E-state index is 0.211. The van der Waals surface area contributed by atoms with Gasteiger partial charge in [-0.15, -0.1) is 11.3 Å². The van der Waals surface area contributed by atoms with Crippen molar-refractivity contribution >= 4 is 43.2 Å². The third-order valence-corrected chi connectivity index (χ3v) is 6.20. The number of thiophene rings is 1. The van der Waals surface area contributed by atoms with E-state index in [4.69, 9.17) is 4.74 Å². The minimum Gasteiger partial charge on any atom is -0.494 e. The number of hydrogen-bond acceptors (Lipinski definition) is 3. The summed E-state index contributed by atoms with van der Waals surface area (Å²) in [4.78, 5) is 1.29. The van der Waals surface area contributed by atoms with Gasteiger partial charge in [0.05, 0.1) is 16.4 Å². The zero-order valence-electron chi connectivity index (χ0n) is 11.5. The molecule has 0 saturated heterocycles. The van der Waals surface area contributed by atoms with Crippen LogP contribution in [0.3, 0.4) is 0 Å². The summed E-state index contributed by atoms with van der Waals surface area (Å²) in [6.45, 7) is 5.74. The molecule has 1 heterocycles. The van der Waals surface area contributed by atoms with Crippen LogP contribution in [0.1, 0.15) is 30.3 Å². The second-order valence-corrected chi connectivity index (χ2v) is 7.52. The van der Waals surface area contributed by atoms with Crippen LogP contribution in [0.2, 0.25) is 0 Å². The average Bonchev–Trinajstić information content (AvgIpc) is 2.77. The molecule has 1 N–H and O–H groups in total. The Morgan fingerprint density at radius 3 is 2.40 bits per heavy atom. The fraction of sp³-hybridized carbons (Fsp3) is 0.333. The smallest absolute Gasteiger partial charge is 0.119 e. The third-order valence-electron chi connectivity index (χ3n) is 2.88. The lowest BCUT2D eigenvalue weighted by Gasteiger charge is -2.17. The molecule has 20 heavy (non-hydrogen) atoms. The van der Waals surface area contributed by atoms with E-state index < -0.39 is 0 Å². The van der Waals surface area contributed by atoms with Gasteiger partial charge >= 0.3 is 0 Å². The summed E-state index contributed by atoms with van der Waals surface area (Å²) in [5.41, 5.74) is 1.25. The molecule has 2 rings (SSSR count). The molecule has 108 valence electrons. The molecule has 0 bridgehead atoms. The predicted molar refractivity (Wildman–Crippen MR) is 92.8 cm³/mol. The molecule has 0 aliphatic rings. The first-order chi connectivity index (χ1) is 9.65. The van der Waals surface area contributed by atoms with Gasteiger partial charge in [0, 0.05) is 9.35 Å². The summed E-state index contributed by atoms with van der Waals surface area (Å²) >= 11 is 8.87. The maximum absolute atomic E-state index is 5.50. The summed E-state index contributed by atoms with van der Waals surface area (Å²) in [6.07, 6.45) is 0. The molecule has 0 aliphatic heterocycles. The van der Waals surface area contributed by atoms with E-state index in [9.17, 15) is 0 Å². The van der Waals surface area contributed by atoms with Crippen LogP contribution in [0.5, 0.6) is 5.75 Å². The molecule has 2 aromatic rings. The monoisotopic (exact) mass is 417 g/mol. The van der Waals surface area contributed by atoms with E-state index >= 15 is 0 Å². The molecule has 2 nitrogen and oxygen atoms in total. The molecular formula is C15H17Br2NOS. The van der Waals surface area contributed by atoms with Crippen molar-refractivity contribution in [2.45, 2.75) is 19.9 Å². The highest BCUT2D eigenvalue weighted by Crippen LogP contribution is 2.37. The Bertz CT molecular complexity index is 534. The Balaban J connectivity index is 2.27. The maximum Gasteiger partial charge on any atom is 0.119 e. The van der Waals surface area contributed by atoms with Crippen LogP contribution in [0.25, 0.3) is 0 Å². The van der Waals surface area contributed by atoms with Crippen LogP contribution in [-0.4, -0.2) is 13.2 Å². The fourth-order valence-corrected chi connectivity index (χ4v) is 4.21. The van der Waals surface area contributed by atoms with Crippen molar-refractivity contribution in [2.24, 2.45) is 0 Å².